The first-order chi connectivity index (χ1) is 19.0. The summed E-state index contributed by atoms with van der Waals surface area (Å²) in [4.78, 5) is 0.157. The third-order valence-electron chi connectivity index (χ3n) is 7.38. The van der Waals surface area contributed by atoms with E-state index in [9.17, 15) is 13.0 Å². The molecule has 0 bridgehead atoms. The number of rotatable bonds is 12. The van der Waals surface area contributed by atoms with E-state index in [0.717, 1.165) is 36.1 Å². The van der Waals surface area contributed by atoms with Crippen LogP contribution in [0.5, 0.6) is 0 Å². The van der Waals surface area contributed by atoms with E-state index >= 15 is 0 Å². The summed E-state index contributed by atoms with van der Waals surface area (Å²) in [6.07, 6.45) is 2.71. The normalized spacial score (nSPS) is 17.7. The maximum atomic E-state index is 13.6. The predicted molar refractivity (Wildman–Crippen MR) is 163 cm³/mol. The van der Waals surface area contributed by atoms with Gasteiger partial charge in [0.05, 0.1) is 16.6 Å². The van der Waals surface area contributed by atoms with Crippen molar-refractivity contribution in [3.05, 3.63) is 101 Å². The van der Waals surface area contributed by atoms with Gasteiger partial charge < -0.3 is 4.55 Å². The highest BCUT2D eigenvalue weighted by molar-refractivity contribution is 7.89. The van der Waals surface area contributed by atoms with Gasteiger partial charge in [-0.15, -0.1) is 4.18 Å². The number of sulfonamides is 1. The van der Waals surface area contributed by atoms with Crippen LogP contribution in [0.1, 0.15) is 69.2 Å². The molecule has 6 nitrogen and oxygen atoms in total. The Morgan fingerprint density at radius 3 is 2.20 bits per heavy atom. The topological polar surface area (TPSA) is 90.8 Å². The smallest absolute Gasteiger partial charge is 0.271 e. The third kappa shape index (κ3) is 7.35. The van der Waals surface area contributed by atoms with Gasteiger partial charge in [0.1, 0.15) is 0 Å². The molecule has 9 heteroatoms. The molecule has 0 aromatic heterocycles. The Balaban J connectivity index is 1.63. The fourth-order valence-corrected chi connectivity index (χ4v) is 7.41. The summed E-state index contributed by atoms with van der Waals surface area (Å²) in [5, 5.41) is 0.667. The summed E-state index contributed by atoms with van der Waals surface area (Å²) in [6, 6.07) is 22.9. The molecule has 3 aromatic rings. The van der Waals surface area contributed by atoms with Gasteiger partial charge in [-0.25, -0.2) is 13.1 Å². The van der Waals surface area contributed by atoms with E-state index in [4.69, 9.17) is 15.8 Å². The Kier molecular flexibility index (Phi) is 10.1. The lowest BCUT2D eigenvalue weighted by Gasteiger charge is -2.43. The van der Waals surface area contributed by atoms with Gasteiger partial charge >= 0.3 is 0 Å². The van der Waals surface area contributed by atoms with Crippen molar-refractivity contribution in [1.29, 1.82) is 0 Å². The zero-order chi connectivity index (χ0) is 28.9. The van der Waals surface area contributed by atoms with Crippen LogP contribution in [0.25, 0.3) is 0 Å². The van der Waals surface area contributed by atoms with Gasteiger partial charge in [-0.1, -0.05) is 92.0 Å². The molecule has 4 rings (SSSR count). The van der Waals surface area contributed by atoms with E-state index in [0.29, 0.717) is 22.9 Å². The van der Waals surface area contributed by atoms with Gasteiger partial charge in [-0.2, -0.15) is 0 Å². The van der Waals surface area contributed by atoms with E-state index in [1.807, 2.05) is 61.5 Å². The zero-order valence-electron chi connectivity index (χ0n) is 23.3. The van der Waals surface area contributed by atoms with Gasteiger partial charge in [0.15, 0.2) is 6.10 Å². The standard InChI is InChI=1S/C31H37ClN2O4S2/c1-22(2)21-29(31(19-8-20-31)26-13-15-27(32)16-14-26)33-39(35)38-30(25-9-6-5-7-10-25)24(4)34-40(36,37)28-17-11-23(3)12-18-28/h5-7,9-18,22,24,30,34H,8,19-21H2,1-4H3/b33-29+/t24-,30+,39?/m0/s1. The number of hydrogen-bond donors (Lipinski definition) is 1. The van der Waals surface area contributed by atoms with Crippen LogP contribution in [0, 0.1) is 12.8 Å². The van der Waals surface area contributed by atoms with Crippen LogP contribution in [0.15, 0.2) is 88.2 Å². The quantitative estimate of drug-likeness (QED) is 0.175. The number of nitrogens with one attached hydrogen (secondary N) is 1. The molecule has 1 aliphatic rings. The molecular formula is C31H37ClN2O4S2. The number of benzene rings is 3. The Bertz CT molecular complexity index is 1390. The SMILES string of the molecule is Cc1ccc(S(=O)(=O)N[C@@H](C)[C@@H](O[S+]([O-])/N=C(\CC(C)C)C2(c3ccc(Cl)cc3)CCC2)c2ccccc2)cc1. The van der Waals surface area contributed by atoms with Crippen molar-refractivity contribution >= 4 is 39.0 Å². The lowest BCUT2D eigenvalue weighted by Crippen LogP contribution is -2.44. The van der Waals surface area contributed by atoms with Crippen molar-refractivity contribution in [2.75, 3.05) is 0 Å². The number of halogens is 1. The fraction of sp³-hybridized carbons (Fsp3) is 0.387. The predicted octanol–water partition coefficient (Wildman–Crippen LogP) is 7.26. The minimum Gasteiger partial charge on any atom is -0.559 e. The molecule has 1 N–H and O–H groups in total. The van der Waals surface area contributed by atoms with Crippen LogP contribution in [0.2, 0.25) is 5.02 Å². The van der Waals surface area contributed by atoms with Crippen molar-refractivity contribution in [2.24, 2.45) is 10.3 Å². The molecular weight excluding hydrogens is 564 g/mol. The Morgan fingerprint density at radius 2 is 1.65 bits per heavy atom. The van der Waals surface area contributed by atoms with Crippen molar-refractivity contribution < 1.29 is 17.2 Å². The largest absolute Gasteiger partial charge is 0.559 e. The van der Waals surface area contributed by atoms with Crippen molar-refractivity contribution in [3.63, 3.8) is 0 Å². The number of aryl methyl sites for hydroxylation is 1. The van der Waals surface area contributed by atoms with Gasteiger partial charge in [-0.05, 0) is 78.8 Å². The second-order valence-electron chi connectivity index (χ2n) is 10.9. The first kappa shape index (κ1) is 30.8. The molecule has 0 saturated heterocycles. The fourth-order valence-electron chi connectivity index (χ4n) is 5.11. The molecule has 1 unspecified atom stereocenters. The van der Waals surface area contributed by atoms with Gasteiger partial charge in [0.25, 0.3) is 11.6 Å². The number of hydrogen-bond acceptors (Lipinski definition) is 5. The maximum Gasteiger partial charge on any atom is 0.271 e. The average Bonchev–Trinajstić information content (AvgIpc) is 2.88. The van der Waals surface area contributed by atoms with E-state index < -0.39 is 33.8 Å². The first-order valence-electron chi connectivity index (χ1n) is 13.6. The highest BCUT2D eigenvalue weighted by Gasteiger charge is 2.45. The monoisotopic (exact) mass is 600 g/mol. The Hall–Kier alpha value is -2.20. The Labute approximate surface area is 246 Å². The second-order valence-corrected chi connectivity index (χ2v) is 13.9. The van der Waals surface area contributed by atoms with E-state index in [2.05, 4.69) is 23.0 Å². The molecule has 3 atom stereocenters. The molecule has 1 fully saturated rings. The van der Waals surface area contributed by atoms with Gasteiger partial charge in [0, 0.05) is 10.4 Å². The molecule has 3 aromatic carbocycles. The average molecular weight is 601 g/mol. The van der Waals surface area contributed by atoms with E-state index in [1.54, 1.807) is 31.2 Å². The summed E-state index contributed by atoms with van der Waals surface area (Å²) in [5.74, 6) is 0.297. The minimum absolute atomic E-state index is 0.157. The van der Waals surface area contributed by atoms with E-state index in [-0.39, 0.29) is 10.3 Å². The molecule has 214 valence electrons. The van der Waals surface area contributed by atoms with Crippen molar-refractivity contribution in [2.45, 2.75) is 75.8 Å². The molecule has 1 saturated carbocycles. The minimum atomic E-state index is -3.84. The second kappa shape index (κ2) is 13.2. The van der Waals surface area contributed by atoms with Crippen LogP contribution in [0.4, 0.5) is 0 Å². The molecule has 0 aliphatic heterocycles. The lowest BCUT2D eigenvalue weighted by atomic mass is 9.60. The van der Waals surface area contributed by atoms with Gasteiger partial charge in [-0.3, -0.25) is 0 Å². The molecule has 0 radical (unpaired) electrons. The highest BCUT2D eigenvalue weighted by Crippen LogP contribution is 2.47. The molecule has 0 amide bonds. The third-order valence-corrected chi connectivity index (χ3v) is 9.95. The van der Waals surface area contributed by atoms with Crippen LogP contribution < -0.4 is 4.72 Å². The van der Waals surface area contributed by atoms with Crippen molar-refractivity contribution in [3.8, 4) is 0 Å². The van der Waals surface area contributed by atoms with Crippen LogP contribution in [0.3, 0.4) is 0 Å². The summed E-state index contributed by atoms with van der Waals surface area (Å²) >= 11 is 4.10. The van der Waals surface area contributed by atoms with Crippen molar-refractivity contribution in [1.82, 2.24) is 4.72 Å². The summed E-state index contributed by atoms with van der Waals surface area (Å²) in [5.41, 5.74) is 3.30. The Morgan fingerprint density at radius 1 is 1.02 bits per heavy atom. The molecule has 40 heavy (non-hydrogen) atoms. The molecule has 0 heterocycles. The van der Waals surface area contributed by atoms with Crippen LogP contribution in [-0.2, 0) is 31.3 Å². The van der Waals surface area contributed by atoms with Crippen LogP contribution >= 0.6 is 11.6 Å². The number of nitrogens with zero attached hydrogens (tertiary/aromatic N) is 1. The first-order valence-corrected chi connectivity index (χ1v) is 16.5. The summed E-state index contributed by atoms with van der Waals surface area (Å²) in [7, 11) is -3.84. The van der Waals surface area contributed by atoms with Gasteiger partial charge in [0.2, 0.25) is 10.0 Å². The van der Waals surface area contributed by atoms with E-state index in [1.165, 1.54) is 0 Å². The lowest BCUT2D eigenvalue weighted by molar-refractivity contribution is 0.180. The summed E-state index contributed by atoms with van der Waals surface area (Å²) in [6.45, 7) is 7.83. The van der Waals surface area contributed by atoms with Crippen LogP contribution in [-0.4, -0.2) is 24.7 Å². The maximum absolute atomic E-state index is 13.6. The summed E-state index contributed by atoms with van der Waals surface area (Å²) < 4.78 is 53.3. The highest BCUT2D eigenvalue weighted by atomic mass is 35.5. The molecule has 1 aliphatic carbocycles. The molecule has 0 spiro atoms. The zero-order valence-corrected chi connectivity index (χ0v) is 25.7.